The van der Waals surface area contributed by atoms with Gasteiger partial charge >= 0.3 is 6.03 Å². The van der Waals surface area contributed by atoms with Crippen LogP contribution in [-0.2, 0) is 4.74 Å². The summed E-state index contributed by atoms with van der Waals surface area (Å²) in [5.74, 6) is 1.45. The molecule has 2 amide bonds. The number of rotatable bonds is 3. The van der Waals surface area contributed by atoms with E-state index in [0.29, 0.717) is 45.1 Å². The molecule has 2 fully saturated rings. The minimum atomic E-state index is -0.326. The second-order valence-corrected chi connectivity index (χ2v) is 6.74. The van der Waals surface area contributed by atoms with Crippen molar-refractivity contribution in [2.75, 3.05) is 67.6 Å². The first-order valence-corrected chi connectivity index (χ1v) is 9.40. The van der Waals surface area contributed by atoms with E-state index in [4.69, 9.17) is 4.74 Å². The summed E-state index contributed by atoms with van der Waals surface area (Å²) in [5.41, 5.74) is 0.583. The first-order chi connectivity index (χ1) is 13.7. The first-order valence-electron chi connectivity index (χ1n) is 9.40. The van der Waals surface area contributed by atoms with E-state index < -0.39 is 0 Å². The molecule has 1 N–H and O–H groups in total. The number of halogens is 1. The van der Waals surface area contributed by atoms with Gasteiger partial charge in [-0.1, -0.05) is 0 Å². The number of anilines is 3. The summed E-state index contributed by atoms with van der Waals surface area (Å²) in [6, 6.07) is 7.58. The van der Waals surface area contributed by atoms with Crippen LogP contribution in [-0.4, -0.2) is 73.4 Å². The maximum absolute atomic E-state index is 13.0. The van der Waals surface area contributed by atoms with Crippen LogP contribution in [0, 0.1) is 5.82 Å². The zero-order valence-electron chi connectivity index (χ0n) is 15.6. The van der Waals surface area contributed by atoms with Gasteiger partial charge in [0.05, 0.1) is 13.2 Å². The molecule has 2 aliphatic heterocycles. The van der Waals surface area contributed by atoms with Crippen LogP contribution in [0.4, 0.5) is 26.5 Å². The minimum Gasteiger partial charge on any atom is -0.378 e. The van der Waals surface area contributed by atoms with Crippen molar-refractivity contribution >= 4 is 23.4 Å². The van der Waals surface area contributed by atoms with Gasteiger partial charge in [-0.3, -0.25) is 0 Å². The SMILES string of the molecule is O=C(Nc1ccc(F)cc1)N1CCN(c2cc(N3CCOCC3)ncn2)CC1. The summed E-state index contributed by atoms with van der Waals surface area (Å²) in [4.78, 5) is 27.3. The maximum atomic E-state index is 13.0. The Morgan fingerprint density at radius 3 is 2.18 bits per heavy atom. The molecule has 0 aliphatic carbocycles. The van der Waals surface area contributed by atoms with E-state index in [2.05, 4.69) is 25.1 Å². The largest absolute Gasteiger partial charge is 0.378 e. The van der Waals surface area contributed by atoms with Crippen LogP contribution in [0.2, 0.25) is 0 Å². The van der Waals surface area contributed by atoms with E-state index in [1.807, 2.05) is 6.07 Å². The second kappa shape index (κ2) is 8.39. The number of carbonyl (C=O) groups is 1. The molecule has 2 aromatic rings. The first kappa shape index (κ1) is 18.4. The summed E-state index contributed by atoms with van der Waals surface area (Å²) >= 11 is 0. The molecule has 0 unspecified atom stereocenters. The molecule has 4 rings (SSSR count). The van der Waals surface area contributed by atoms with E-state index >= 15 is 0 Å². The van der Waals surface area contributed by atoms with Crippen molar-refractivity contribution in [1.82, 2.24) is 14.9 Å². The third-order valence-corrected chi connectivity index (χ3v) is 4.96. The van der Waals surface area contributed by atoms with E-state index in [9.17, 15) is 9.18 Å². The molecule has 1 aromatic heterocycles. The Morgan fingerprint density at radius 2 is 1.54 bits per heavy atom. The van der Waals surface area contributed by atoms with Gasteiger partial charge < -0.3 is 24.8 Å². The van der Waals surface area contributed by atoms with Gasteiger partial charge in [0.2, 0.25) is 0 Å². The Kier molecular flexibility index (Phi) is 5.52. The summed E-state index contributed by atoms with van der Waals surface area (Å²) in [6.07, 6.45) is 1.59. The molecule has 28 heavy (non-hydrogen) atoms. The summed E-state index contributed by atoms with van der Waals surface area (Å²) in [5, 5.41) is 2.80. The number of amides is 2. The Balaban J connectivity index is 1.33. The van der Waals surface area contributed by atoms with Crippen molar-refractivity contribution < 1.29 is 13.9 Å². The van der Waals surface area contributed by atoms with Gasteiger partial charge in [-0.2, -0.15) is 0 Å². The van der Waals surface area contributed by atoms with E-state index in [1.165, 1.54) is 12.1 Å². The maximum Gasteiger partial charge on any atom is 0.321 e. The predicted octanol–water partition coefficient (Wildman–Crippen LogP) is 1.81. The topological polar surface area (TPSA) is 73.8 Å². The van der Waals surface area contributed by atoms with Crippen molar-refractivity contribution in [1.29, 1.82) is 0 Å². The lowest BCUT2D eigenvalue weighted by molar-refractivity contribution is 0.122. The van der Waals surface area contributed by atoms with Crippen LogP contribution in [0.3, 0.4) is 0 Å². The molecule has 2 saturated heterocycles. The molecule has 0 atom stereocenters. The molecule has 2 aliphatic rings. The van der Waals surface area contributed by atoms with Crippen molar-refractivity contribution in [2.45, 2.75) is 0 Å². The third-order valence-electron chi connectivity index (χ3n) is 4.96. The highest BCUT2D eigenvalue weighted by Crippen LogP contribution is 2.20. The van der Waals surface area contributed by atoms with Crippen molar-refractivity contribution in [3.8, 4) is 0 Å². The molecule has 8 nitrogen and oxygen atoms in total. The summed E-state index contributed by atoms with van der Waals surface area (Å²) in [6.45, 7) is 5.63. The number of ether oxygens (including phenoxy) is 1. The number of benzene rings is 1. The average Bonchev–Trinajstić information content (AvgIpc) is 2.76. The standard InChI is InChI=1S/C19H23FN6O2/c20-15-1-3-16(4-2-15)23-19(27)26-7-5-24(6-8-26)17-13-18(22-14-21-17)25-9-11-28-12-10-25/h1-4,13-14H,5-12H2,(H,23,27). The van der Waals surface area contributed by atoms with Crippen LogP contribution in [0.5, 0.6) is 0 Å². The van der Waals surface area contributed by atoms with Gasteiger partial charge in [-0.05, 0) is 24.3 Å². The lowest BCUT2D eigenvalue weighted by atomic mass is 10.3. The molecule has 3 heterocycles. The Labute approximate surface area is 162 Å². The van der Waals surface area contributed by atoms with E-state index in [0.717, 1.165) is 24.7 Å². The number of nitrogens with zero attached hydrogens (tertiary/aromatic N) is 5. The molecule has 0 spiro atoms. The van der Waals surface area contributed by atoms with Crippen molar-refractivity contribution in [2.24, 2.45) is 0 Å². The lowest BCUT2D eigenvalue weighted by Crippen LogP contribution is -2.50. The molecule has 148 valence electrons. The fourth-order valence-electron chi connectivity index (χ4n) is 3.35. The number of piperazine rings is 1. The van der Waals surface area contributed by atoms with Crippen molar-refractivity contribution in [3.63, 3.8) is 0 Å². The number of aromatic nitrogens is 2. The fraction of sp³-hybridized carbons (Fsp3) is 0.421. The van der Waals surface area contributed by atoms with Crippen LogP contribution >= 0.6 is 0 Å². The normalized spacial score (nSPS) is 17.5. The number of urea groups is 1. The van der Waals surface area contributed by atoms with Gasteiger partial charge in [0, 0.05) is 51.0 Å². The van der Waals surface area contributed by atoms with E-state index in [1.54, 1.807) is 23.4 Å². The minimum absolute atomic E-state index is 0.178. The number of nitrogens with one attached hydrogen (secondary N) is 1. The van der Waals surface area contributed by atoms with Crippen LogP contribution in [0.15, 0.2) is 36.7 Å². The number of hydrogen-bond donors (Lipinski definition) is 1. The van der Waals surface area contributed by atoms with Gasteiger partial charge in [-0.15, -0.1) is 0 Å². The van der Waals surface area contributed by atoms with Crippen molar-refractivity contribution in [3.05, 3.63) is 42.5 Å². The van der Waals surface area contributed by atoms with Gasteiger partial charge in [0.1, 0.15) is 23.8 Å². The molecule has 0 bridgehead atoms. The van der Waals surface area contributed by atoms with Gasteiger partial charge in [0.25, 0.3) is 0 Å². The van der Waals surface area contributed by atoms with Crippen LogP contribution in [0.25, 0.3) is 0 Å². The smallest absolute Gasteiger partial charge is 0.321 e. The monoisotopic (exact) mass is 386 g/mol. The molecule has 0 saturated carbocycles. The number of carbonyl (C=O) groups excluding carboxylic acids is 1. The van der Waals surface area contributed by atoms with Crippen LogP contribution in [0.1, 0.15) is 0 Å². The highest BCUT2D eigenvalue weighted by atomic mass is 19.1. The molecule has 9 heteroatoms. The average molecular weight is 386 g/mol. The Hall–Kier alpha value is -2.94. The second-order valence-electron chi connectivity index (χ2n) is 6.74. The molecule has 1 aromatic carbocycles. The quantitative estimate of drug-likeness (QED) is 0.867. The fourth-order valence-corrected chi connectivity index (χ4v) is 3.35. The summed E-state index contributed by atoms with van der Waals surface area (Å²) in [7, 11) is 0. The zero-order chi connectivity index (χ0) is 19.3. The predicted molar refractivity (Wildman–Crippen MR) is 104 cm³/mol. The van der Waals surface area contributed by atoms with Crippen LogP contribution < -0.4 is 15.1 Å². The number of morpholine rings is 1. The summed E-state index contributed by atoms with van der Waals surface area (Å²) < 4.78 is 18.4. The molecule has 0 radical (unpaired) electrons. The number of hydrogen-bond acceptors (Lipinski definition) is 6. The molecular formula is C19H23FN6O2. The highest BCUT2D eigenvalue weighted by molar-refractivity contribution is 5.89. The Bertz CT molecular complexity index is 804. The van der Waals surface area contributed by atoms with E-state index in [-0.39, 0.29) is 11.8 Å². The highest BCUT2D eigenvalue weighted by Gasteiger charge is 2.23. The lowest BCUT2D eigenvalue weighted by Gasteiger charge is -2.35. The third kappa shape index (κ3) is 4.30. The van der Waals surface area contributed by atoms with Gasteiger partial charge in [0.15, 0.2) is 0 Å². The van der Waals surface area contributed by atoms with Gasteiger partial charge in [-0.25, -0.2) is 19.2 Å². The Morgan fingerprint density at radius 1 is 0.929 bits per heavy atom. The molecular weight excluding hydrogens is 363 g/mol. The zero-order valence-corrected chi connectivity index (χ0v) is 15.6.